The number of rotatable bonds is 11. The molecule has 10 nitrogen and oxygen atoms in total. The third kappa shape index (κ3) is 7.45. The lowest BCUT2D eigenvalue weighted by Gasteiger charge is -2.20. The highest BCUT2D eigenvalue weighted by Gasteiger charge is 2.29. The van der Waals surface area contributed by atoms with Crippen LogP contribution < -0.4 is 16.0 Å². The number of pyridine rings is 1. The fourth-order valence-electron chi connectivity index (χ4n) is 3.78. The van der Waals surface area contributed by atoms with Crippen LogP contribution in [0.15, 0.2) is 97.5 Å². The molecule has 3 amide bonds. The Balaban J connectivity index is 1.40. The van der Waals surface area contributed by atoms with Gasteiger partial charge >= 0.3 is 0 Å². The summed E-state index contributed by atoms with van der Waals surface area (Å²) in [5.41, 5.74) is 2.41. The smallest absolute Gasteiger partial charge is 0.289 e. The van der Waals surface area contributed by atoms with Crippen LogP contribution >= 0.6 is 0 Å². The van der Waals surface area contributed by atoms with Crippen LogP contribution in [0.2, 0.25) is 0 Å². The van der Waals surface area contributed by atoms with Gasteiger partial charge in [-0.3, -0.25) is 24.2 Å². The van der Waals surface area contributed by atoms with Gasteiger partial charge in [0.2, 0.25) is 11.7 Å². The van der Waals surface area contributed by atoms with Crippen molar-refractivity contribution in [1.29, 1.82) is 0 Å². The van der Waals surface area contributed by atoms with Crippen molar-refractivity contribution in [1.82, 2.24) is 30.7 Å². The Bertz CT molecular complexity index is 1420. The van der Waals surface area contributed by atoms with Crippen molar-refractivity contribution in [3.8, 4) is 5.69 Å². The summed E-state index contributed by atoms with van der Waals surface area (Å²) < 4.78 is 1.55. The number of carbonyl (C=O) groups is 4. The molecule has 198 valence electrons. The summed E-state index contributed by atoms with van der Waals surface area (Å²) in [4.78, 5) is 55.6. The molecular weight excluding hydrogens is 496 g/mol. The number of aromatic nitrogens is 3. The summed E-state index contributed by atoms with van der Waals surface area (Å²) in [5, 5.41) is 12.0. The van der Waals surface area contributed by atoms with Gasteiger partial charge in [-0.2, -0.15) is 5.10 Å². The van der Waals surface area contributed by atoms with E-state index in [-0.39, 0.29) is 18.5 Å². The molecule has 2 aromatic heterocycles. The van der Waals surface area contributed by atoms with E-state index in [9.17, 15) is 19.2 Å². The first-order valence-corrected chi connectivity index (χ1v) is 12.4. The topological polar surface area (TPSA) is 135 Å². The molecule has 0 radical (unpaired) electrons. The number of ketones is 1. The lowest BCUT2D eigenvalue weighted by atomic mass is 10.0. The number of para-hydroxylation sites is 1. The number of nitrogens with zero attached hydrogens (tertiary/aromatic N) is 3. The van der Waals surface area contributed by atoms with Gasteiger partial charge in [-0.05, 0) is 36.8 Å². The second-order valence-corrected chi connectivity index (χ2v) is 8.82. The second-order valence-electron chi connectivity index (χ2n) is 8.82. The molecule has 4 rings (SSSR count). The van der Waals surface area contributed by atoms with E-state index in [0.717, 1.165) is 11.3 Å². The minimum Gasteiger partial charge on any atom is -0.344 e. The molecule has 0 unspecified atom stereocenters. The predicted octanol–water partition coefficient (Wildman–Crippen LogP) is 2.00. The van der Waals surface area contributed by atoms with E-state index >= 15 is 0 Å². The second kappa shape index (κ2) is 12.9. The fourth-order valence-corrected chi connectivity index (χ4v) is 3.78. The summed E-state index contributed by atoms with van der Waals surface area (Å²) in [6.45, 7) is 1.57. The van der Waals surface area contributed by atoms with E-state index in [0.29, 0.717) is 5.69 Å². The van der Waals surface area contributed by atoms with Crippen LogP contribution in [0.25, 0.3) is 5.69 Å². The maximum Gasteiger partial charge on any atom is 0.289 e. The van der Waals surface area contributed by atoms with Crippen LogP contribution in [0.3, 0.4) is 0 Å². The molecule has 0 aliphatic heterocycles. The number of Topliss-reactive ketones (excluding diaryl/α,β-unsaturated/α-hetero) is 1. The molecule has 0 fully saturated rings. The minimum atomic E-state index is -1.14. The Hall–Kier alpha value is -5.12. The number of hydrogen-bond acceptors (Lipinski definition) is 6. The molecule has 0 saturated carbocycles. The van der Waals surface area contributed by atoms with Gasteiger partial charge in [0.25, 0.3) is 11.8 Å². The van der Waals surface area contributed by atoms with E-state index in [1.807, 2.05) is 36.4 Å². The Morgan fingerprint density at radius 2 is 1.56 bits per heavy atom. The third-order valence-corrected chi connectivity index (χ3v) is 5.90. The number of hydrogen-bond donors (Lipinski definition) is 3. The van der Waals surface area contributed by atoms with Gasteiger partial charge in [-0.1, -0.05) is 54.6 Å². The van der Waals surface area contributed by atoms with Crippen LogP contribution in [0.1, 0.15) is 28.5 Å². The zero-order valence-corrected chi connectivity index (χ0v) is 21.3. The van der Waals surface area contributed by atoms with Crippen molar-refractivity contribution >= 4 is 23.5 Å². The third-order valence-electron chi connectivity index (χ3n) is 5.90. The van der Waals surface area contributed by atoms with E-state index < -0.39 is 35.6 Å². The molecule has 0 spiro atoms. The van der Waals surface area contributed by atoms with Crippen molar-refractivity contribution < 1.29 is 19.2 Å². The molecule has 0 aliphatic rings. The fraction of sp³-hybridized carbons (Fsp3) is 0.172. The Labute approximate surface area is 225 Å². The summed E-state index contributed by atoms with van der Waals surface area (Å²) in [6.07, 6.45) is 4.65. The minimum absolute atomic E-state index is 0.0700. The van der Waals surface area contributed by atoms with E-state index in [1.165, 1.54) is 13.1 Å². The first kappa shape index (κ1) is 26.9. The van der Waals surface area contributed by atoms with Gasteiger partial charge in [0.1, 0.15) is 12.1 Å². The van der Waals surface area contributed by atoms with Crippen LogP contribution in [-0.2, 0) is 27.3 Å². The van der Waals surface area contributed by atoms with Gasteiger partial charge in [-0.15, -0.1) is 0 Å². The quantitative estimate of drug-likeness (QED) is 0.257. The van der Waals surface area contributed by atoms with Crippen LogP contribution in [0.4, 0.5) is 0 Å². The lowest BCUT2D eigenvalue weighted by molar-refractivity contribution is -0.140. The first-order chi connectivity index (χ1) is 18.9. The lowest BCUT2D eigenvalue weighted by Crippen LogP contribution is -2.53. The number of carbonyl (C=O) groups excluding carboxylic acids is 4. The zero-order valence-electron chi connectivity index (χ0n) is 21.3. The number of amides is 3. The Morgan fingerprint density at radius 1 is 0.872 bits per heavy atom. The number of benzene rings is 2. The summed E-state index contributed by atoms with van der Waals surface area (Å²) in [6, 6.07) is 21.4. The SMILES string of the molecule is C[C@@H](NC(=O)c1cnn(-c2ccccc2)c1)C(=O)N[C@H](Cc1ccccc1)C(=O)C(=O)NCc1ccccn1. The highest BCUT2D eigenvalue weighted by molar-refractivity contribution is 6.38. The van der Waals surface area contributed by atoms with E-state index in [2.05, 4.69) is 26.0 Å². The molecule has 0 aliphatic carbocycles. The molecule has 2 heterocycles. The van der Waals surface area contributed by atoms with Crippen LogP contribution in [0, 0.1) is 0 Å². The van der Waals surface area contributed by atoms with Crippen LogP contribution in [-0.4, -0.2) is 50.4 Å². The monoisotopic (exact) mass is 524 g/mol. The van der Waals surface area contributed by atoms with E-state index in [4.69, 9.17) is 0 Å². The molecule has 39 heavy (non-hydrogen) atoms. The van der Waals surface area contributed by atoms with Crippen molar-refractivity contribution in [2.24, 2.45) is 0 Å². The molecule has 2 aromatic carbocycles. The summed E-state index contributed by atoms with van der Waals surface area (Å²) in [7, 11) is 0. The first-order valence-electron chi connectivity index (χ1n) is 12.4. The summed E-state index contributed by atoms with van der Waals surface area (Å²) >= 11 is 0. The van der Waals surface area contributed by atoms with Crippen molar-refractivity contribution in [2.75, 3.05) is 0 Å². The standard InChI is InChI=1S/C29H28N6O4/c1-20(33-28(38)22-17-32-35(19-22)24-13-6-3-7-14-24)27(37)34-25(16-21-10-4-2-5-11-21)26(36)29(39)31-18-23-12-8-9-15-30-23/h2-15,17,19-20,25H,16,18H2,1H3,(H,31,39)(H,33,38)(H,34,37)/t20-,25-/m1/s1. The zero-order chi connectivity index (χ0) is 27.6. The van der Waals surface area contributed by atoms with Gasteiger partial charge in [0.05, 0.1) is 29.7 Å². The van der Waals surface area contributed by atoms with Gasteiger partial charge < -0.3 is 16.0 Å². The Kier molecular flexibility index (Phi) is 8.91. The van der Waals surface area contributed by atoms with Crippen LogP contribution in [0.5, 0.6) is 0 Å². The predicted molar refractivity (Wildman–Crippen MR) is 144 cm³/mol. The molecule has 0 saturated heterocycles. The number of nitrogens with one attached hydrogen (secondary N) is 3. The maximum atomic E-state index is 13.1. The average Bonchev–Trinajstić information content (AvgIpc) is 3.47. The molecule has 10 heteroatoms. The van der Waals surface area contributed by atoms with Gasteiger partial charge in [-0.25, -0.2) is 4.68 Å². The molecule has 4 aromatic rings. The summed E-state index contributed by atoms with van der Waals surface area (Å²) in [5.74, 6) is -2.75. The molecule has 0 bridgehead atoms. The van der Waals surface area contributed by atoms with Crippen molar-refractivity contribution in [3.05, 3.63) is 114 Å². The van der Waals surface area contributed by atoms with Gasteiger partial charge in [0, 0.05) is 18.8 Å². The Morgan fingerprint density at radius 3 is 2.26 bits per heavy atom. The largest absolute Gasteiger partial charge is 0.344 e. The molecule has 2 atom stereocenters. The normalized spacial score (nSPS) is 12.1. The molecular formula is C29H28N6O4. The highest BCUT2D eigenvalue weighted by Crippen LogP contribution is 2.09. The van der Waals surface area contributed by atoms with Crippen molar-refractivity contribution in [3.63, 3.8) is 0 Å². The maximum absolute atomic E-state index is 13.1. The average molecular weight is 525 g/mol. The highest BCUT2D eigenvalue weighted by atomic mass is 16.2. The van der Waals surface area contributed by atoms with Crippen molar-refractivity contribution in [2.45, 2.75) is 32.0 Å². The van der Waals surface area contributed by atoms with Gasteiger partial charge in [0.15, 0.2) is 0 Å². The molecule has 3 N–H and O–H groups in total. The van der Waals surface area contributed by atoms with E-state index in [1.54, 1.807) is 59.5 Å².